The molecule has 2 unspecified atom stereocenters. The van der Waals surface area contributed by atoms with E-state index >= 15 is 0 Å². The molecule has 0 radical (unpaired) electrons. The molecule has 0 aromatic rings. The first-order valence-electron chi connectivity index (χ1n) is 6.41. The summed E-state index contributed by atoms with van der Waals surface area (Å²) in [6.45, 7) is 7.76. The number of hydrogen-bond acceptors (Lipinski definition) is 3. The first-order chi connectivity index (χ1) is 8.49. The van der Waals surface area contributed by atoms with E-state index in [9.17, 15) is 9.90 Å². The number of carbonyl (C=O) groups is 1. The monoisotopic (exact) mass is 248 g/mol. The van der Waals surface area contributed by atoms with Gasteiger partial charge in [-0.1, -0.05) is 18.2 Å². The second-order valence-electron chi connectivity index (χ2n) is 5.21. The Morgan fingerprint density at radius 2 is 2.11 bits per heavy atom. The highest BCUT2D eigenvalue weighted by atomic mass is 16.5. The second kappa shape index (κ2) is 5.11. The Bertz CT molecular complexity index is 443. The van der Waals surface area contributed by atoms with Gasteiger partial charge < -0.3 is 9.84 Å². The molecule has 3 heteroatoms. The van der Waals surface area contributed by atoms with Crippen LogP contribution in [0.5, 0.6) is 0 Å². The van der Waals surface area contributed by atoms with Gasteiger partial charge in [-0.3, -0.25) is 0 Å². The lowest BCUT2D eigenvalue weighted by Gasteiger charge is -2.19. The molecule has 1 heterocycles. The van der Waals surface area contributed by atoms with Crippen molar-refractivity contribution in [1.29, 1.82) is 0 Å². The molecule has 0 aromatic carbocycles. The SMILES string of the molecule is C=C1CCC2=C(C)C(=O)OC2C/C(C)=C/CC1O. The Kier molecular flexibility index (Phi) is 3.71. The van der Waals surface area contributed by atoms with Gasteiger partial charge in [-0.2, -0.15) is 0 Å². The zero-order chi connectivity index (χ0) is 13.3. The van der Waals surface area contributed by atoms with Gasteiger partial charge in [0.25, 0.3) is 0 Å². The third-order valence-corrected chi connectivity index (χ3v) is 3.81. The third-order valence-electron chi connectivity index (χ3n) is 3.81. The number of carbonyl (C=O) groups excluding carboxylic acids is 1. The van der Waals surface area contributed by atoms with Crippen molar-refractivity contribution >= 4 is 5.97 Å². The second-order valence-corrected chi connectivity index (χ2v) is 5.21. The van der Waals surface area contributed by atoms with Gasteiger partial charge in [0.1, 0.15) is 6.10 Å². The molecule has 2 rings (SSSR count). The zero-order valence-corrected chi connectivity index (χ0v) is 11.0. The minimum atomic E-state index is -0.476. The fraction of sp³-hybridized carbons (Fsp3) is 0.533. The van der Waals surface area contributed by atoms with Crippen LogP contribution in [0.3, 0.4) is 0 Å². The summed E-state index contributed by atoms with van der Waals surface area (Å²) < 4.78 is 5.40. The Hall–Kier alpha value is -1.35. The van der Waals surface area contributed by atoms with Crippen molar-refractivity contribution in [1.82, 2.24) is 0 Å². The molecule has 1 aliphatic carbocycles. The Balaban J connectivity index is 2.28. The van der Waals surface area contributed by atoms with Gasteiger partial charge in [0.2, 0.25) is 0 Å². The molecular weight excluding hydrogens is 228 g/mol. The fourth-order valence-electron chi connectivity index (χ4n) is 2.49. The van der Waals surface area contributed by atoms with Crippen molar-refractivity contribution in [3.63, 3.8) is 0 Å². The molecule has 98 valence electrons. The van der Waals surface area contributed by atoms with Crippen LogP contribution in [-0.4, -0.2) is 23.3 Å². The van der Waals surface area contributed by atoms with E-state index in [4.69, 9.17) is 4.74 Å². The molecule has 2 atom stereocenters. The average molecular weight is 248 g/mol. The van der Waals surface area contributed by atoms with Crippen molar-refractivity contribution in [2.24, 2.45) is 0 Å². The predicted molar refractivity (Wildman–Crippen MR) is 70.0 cm³/mol. The van der Waals surface area contributed by atoms with Crippen LogP contribution in [0.25, 0.3) is 0 Å². The molecule has 0 spiro atoms. The van der Waals surface area contributed by atoms with E-state index in [2.05, 4.69) is 6.58 Å². The van der Waals surface area contributed by atoms with Crippen LogP contribution >= 0.6 is 0 Å². The first kappa shape index (κ1) is 13.1. The number of aliphatic hydroxyl groups excluding tert-OH is 1. The maximum absolute atomic E-state index is 11.6. The number of hydrogen-bond donors (Lipinski definition) is 1. The molecule has 1 N–H and O–H groups in total. The molecule has 0 saturated heterocycles. The van der Waals surface area contributed by atoms with Crippen LogP contribution in [-0.2, 0) is 9.53 Å². The van der Waals surface area contributed by atoms with Crippen molar-refractivity contribution < 1.29 is 14.6 Å². The maximum Gasteiger partial charge on any atom is 0.334 e. The van der Waals surface area contributed by atoms with Crippen LogP contribution < -0.4 is 0 Å². The van der Waals surface area contributed by atoms with E-state index in [-0.39, 0.29) is 12.1 Å². The van der Waals surface area contributed by atoms with Crippen molar-refractivity contribution in [2.45, 2.75) is 51.7 Å². The summed E-state index contributed by atoms with van der Waals surface area (Å²) in [5.74, 6) is -0.201. The van der Waals surface area contributed by atoms with E-state index in [1.165, 1.54) is 0 Å². The van der Waals surface area contributed by atoms with E-state index in [0.717, 1.165) is 35.1 Å². The summed E-state index contributed by atoms with van der Waals surface area (Å²) in [6, 6.07) is 0. The van der Waals surface area contributed by atoms with Gasteiger partial charge in [-0.05, 0) is 44.3 Å². The van der Waals surface area contributed by atoms with Crippen molar-refractivity contribution in [2.75, 3.05) is 0 Å². The summed E-state index contributed by atoms with van der Waals surface area (Å²) in [5, 5.41) is 9.92. The van der Waals surface area contributed by atoms with Crippen LogP contribution in [0.2, 0.25) is 0 Å². The summed E-state index contributed by atoms with van der Waals surface area (Å²) >= 11 is 0. The minimum Gasteiger partial charge on any atom is -0.454 e. The summed E-state index contributed by atoms with van der Waals surface area (Å²) in [5.41, 5.74) is 3.78. The maximum atomic E-state index is 11.6. The highest BCUT2D eigenvalue weighted by Crippen LogP contribution is 2.32. The molecule has 0 saturated carbocycles. The molecule has 0 aromatic heterocycles. The van der Waals surface area contributed by atoms with Gasteiger partial charge >= 0.3 is 5.97 Å². The van der Waals surface area contributed by atoms with Crippen molar-refractivity contribution in [3.8, 4) is 0 Å². The van der Waals surface area contributed by atoms with Gasteiger partial charge in [-0.25, -0.2) is 4.79 Å². The summed E-state index contributed by atoms with van der Waals surface area (Å²) in [7, 11) is 0. The minimum absolute atomic E-state index is 0.114. The standard InChI is InChI=1S/C15H20O3/c1-9-4-7-13(16)10(2)5-6-12-11(3)15(17)18-14(12)8-9/h4,13-14,16H,2,5-8H2,1,3H3/b9-4+. The van der Waals surface area contributed by atoms with E-state index in [1.807, 2.05) is 19.9 Å². The lowest BCUT2D eigenvalue weighted by Crippen LogP contribution is -2.16. The van der Waals surface area contributed by atoms with E-state index in [1.54, 1.807) is 0 Å². The molecule has 0 amide bonds. The van der Waals surface area contributed by atoms with Crippen LogP contribution in [0.4, 0.5) is 0 Å². The van der Waals surface area contributed by atoms with Gasteiger partial charge in [0.15, 0.2) is 0 Å². The third kappa shape index (κ3) is 2.56. The highest BCUT2D eigenvalue weighted by Gasteiger charge is 2.31. The molecule has 18 heavy (non-hydrogen) atoms. The number of ether oxygens (including phenoxy) is 1. The number of fused-ring (bicyclic) bond motifs is 1. The molecule has 0 fully saturated rings. The number of aliphatic hydroxyl groups is 1. The first-order valence-corrected chi connectivity index (χ1v) is 6.41. The Morgan fingerprint density at radius 1 is 1.39 bits per heavy atom. The van der Waals surface area contributed by atoms with Gasteiger partial charge in [0.05, 0.1) is 6.10 Å². The molecular formula is C15H20O3. The number of esters is 1. The molecule has 1 aliphatic heterocycles. The summed E-state index contributed by atoms with van der Waals surface area (Å²) in [6.07, 6.45) is 4.23. The van der Waals surface area contributed by atoms with Crippen LogP contribution in [0.15, 0.2) is 34.9 Å². The van der Waals surface area contributed by atoms with E-state index in [0.29, 0.717) is 12.8 Å². The quantitative estimate of drug-likeness (QED) is 0.529. The van der Waals surface area contributed by atoms with Crippen molar-refractivity contribution in [3.05, 3.63) is 34.9 Å². The molecule has 3 nitrogen and oxygen atoms in total. The largest absolute Gasteiger partial charge is 0.454 e. The lowest BCUT2D eigenvalue weighted by molar-refractivity contribution is -0.139. The average Bonchev–Trinajstić information content (AvgIpc) is 2.58. The van der Waals surface area contributed by atoms with Crippen LogP contribution in [0.1, 0.15) is 39.5 Å². The number of rotatable bonds is 0. The Labute approximate surface area is 108 Å². The topological polar surface area (TPSA) is 46.5 Å². The predicted octanol–water partition coefficient (Wildman–Crippen LogP) is 2.67. The fourth-order valence-corrected chi connectivity index (χ4v) is 2.49. The molecule has 2 aliphatic rings. The molecule has 0 bridgehead atoms. The normalized spacial score (nSPS) is 32.7. The summed E-state index contributed by atoms with van der Waals surface area (Å²) in [4.78, 5) is 11.6. The van der Waals surface area contributed by atoms with Gasteiger partial charge in [-0.15, -0.1) is 0 Å². The van der Waals surface area contributed by atoms with E-state index < -0.39 is 6.10 Å². The zero-order valence-electron chi connectivity index (χ0n) is 11.0. The smallest absolute Gasteiger partial charge is 0.334 e. The van der Waals surface area contributed by atoms with Crippen LogP contribution in [0, 0.1) is 0 Å². The van der Waals surface area contributed by atoms with Gasteiger partial charge in [0, 0.05) is 12.0 Å². The highest BCUT2D eigenvalue weighted by molar-refractivity contribution is 5.91. The lowest BCUT2D eigenvalue weighted by atomic mass is 9.91. The Morgan fingerprint density at radius 3 is 2.83 bits per heavy atom.